The molecule has 2 N–H and O–H groups in total. The van der Waals surface area contributed by atoms with E-state index in [1.807, 2.05) is 0 Å². The highest BCUT2D eigenvalue weighted by Gasteiger charge is 2.09. The molecule has 1 aromatic heterocycles. The maximum Gasteiger partial charge on any atom is 0.335 e. The van der Waals surface area contributed by atoms with E-state index in [-0.39, 0.29) is 11.3 Å². The van der Waals surface area contributed by atoms with Crippen LogP contribution in [0, 0.1) is 0 Å². The second-order valence-corrected chi connectivity index (χ2v) is 4.46. The summed E-state index contributed by atoms with van der Waals surface area (Å²) in [5.41, 5.74) is 1.71. The highest BCUT2D eigenvalue weighted by atomic mass is 16.4. The molecule has 0 radical (unpaired) electrons. The molecule has 2 aromatic carbocycles. The third kappa shape index (κ3) is 2.62. The van der Waals surface area contributed by atoms with Crippen molar-refractivity contribution < 1.29 is 19.4 Å². The number of hydrogen-bond acceptors (Lipinski definition) is 4. The number of carboxylic acids is 1. The number of benzene rings is 2. The molecule has 0 aliphatic heterocycles. The summed E-state index contributed by atoms with van der Waals surface area (Å²) in [7, 11) is 0. The van der Waals surface area contributed by atoms with E-state index >= 15 is 0 Å². The van der Waals surface area contributed by atoms with E-state index in [9.17, 15) is 9.90 Å². The average Bonchev–Trinajstić information content (AvgIpc) is 2.98. The number of aromatic hydroxyl groups is 1. The summed E-state index contributed by atoms with van der Waals surface area (Å²) in [5.74, 6) is 0.198. The standard InChI is InChI=1S/C16H11NO4/c18-13-7-5-10(6-8-13)14-9-17-15(21-14)11-1-3-12(4-2-11)16(19)20/h1-9,18H,(H,19,20). The van der Waals surface area contributed by atoms with Crippen molar-refractivity contribution in [3.05, 3.63) is 60.3 Å². The van der Waals surface area contributed by atoms with Gasteiger partial charge in [-0.15, -0.1) is 0 Å². The van der Waals surface area contributed by atoms with Gasteiger partial charge >= 0.3 is 5.97 Å². The molecule has 0 aliphatic carbocycles. The lowest BCUT2D eigenvalue weighted by molar-refractivity contribution is 0.0697. The molecule has 3 rings (SSSR count). The van der Waals surface area contributed by atoms with Gasteiger partial charge in [0.25, 0.3) is 0 Å². The Hall–Kier alpha value is -3.08. The summed E-state index contributed by atoms with van der Waals surface area (Å²) in [6.45, 7) is 0. The summed E-state index contributed by atoms with van der Waals surface area (Å²) in [4.78, 5) is 15.0. The topological polar surface area (TPSA) is 83.6 Å². The Balaban J connectivity index is 1.90. The fraction of sp³-hybridized carbons (Fsp3) is 0. The third-order valence-corrected chi connectivity index (χ3v) is 3.04. The Morgan fingerprint density at radius 2 is 1.57 bits per heavy atom. The van der Waals surface area contributed by atoms with Crippen LogP contribution < -0.4 is 0 Å². The minimum Gasteiger partial charge on any atom is -0.508 e. The molecule has 5 nitrogen and oxygen atoms in total. The molecule has 3 aromatic rings. The van der Waals surface area contributed by atoms with E-state index in [1.54, 1.807) is 42.6 Å². The monoisotopic (exact) mass is 281 g/mol. The minimum atomic E-state index is -0.973. The molecule has 0 bridgehead atoms. The zero-order valence-corrected chi connectivity index (χ0v) is 10.9. The summed E-state index contributed by atoms with van der Waals surface area (Å²) >= 11 is 0. The van der Waals surface area contributed by atoms with Crippen molar-refractivity contribution in [2.75, 3.05) is 0 Å². The largest absolute Gasteiger partial charge is 0.508 e. The number of carboxylic acid groups (broad SMARTS) is 1. The first-order valence-electron chi connectivity index (χ1n) is 6.22. The predicted octanol–water partition coefficient (Wildman–Crippen LogP) is 3.41. The summed E-state index contributed by atoms with van der Waals surface area (Å²) in [6.07, 6.45) is 1.59. The molecule has 0 aliphatic rings. The second kappa shape index (κ2) is 5.13. The van der Waals surface area contributed by atoms with Gasteiger partial charge in [0.15, 0.2) is 5.76 Å². The number of aromatic nitrogens is 1. The Labute approximate surface area is 120 Å². The van der Waals surface area contributed by atoms with Crippen LogP contribution in [0.4, 0.5) is 0 Å². The second-order valence-electron chi connectivity index (χ2n) is 4.46. The number of phenolic OH excluding ortho intramolecular Hbond substituents is 1. The van der Waals surface area contributed by atoms with E-state index in [0.29, 0.717) is 17.2 Å². The first kappa shape index (κ1) is 12.9. The van der Waals surface area contributed by atoms with Crippen LogP contribution in [0.3, 0.4) is 0 Å². The number of carbonyl (C=O) groups is 1. The van der Waals surface area contributed by atoms with Gasteiger partial charge in [-0.1, -0.05) is 0 Å². The van der Waals surface area contributed by atoms with Gasteiger partial charge in [0.2, 0.25) is 5.89 Å². The fourth-order valence-corrected chi connectivity index (χ4v) is 1.92. The zero-order valence-electron chi connectivity index (χ0n) is 10.9. The predicted molar refractivity (Wildman–Crippen MR) is 76.0 cm³/mol. The molecule has 5 heteroatoms. The number of phenols is 1. The van der Waals surface area contributed by atoms with Crippen LogP contribution >= 0.6 is 0 Å². The van der Waals surface area contributed by atoms with Gasteiger partial charge in [-0.2, -0.15) is 0 Å². The van der Waals surface area contributed by atoms with Crippen molar-refractivity contribution in [2.45, 2.75) is 0 Å². The number of nitrogens with zero attached hydrogens (tertiary/aromatic N) is 1. The zero-order chi connectivity index (χ0) is 14.8. The maximum absolute atomic E-state index is 10.8. The molecule has 21 heavy (non-hydrogen) atoms. The highest BCUT2D eigenvalue weighted by molar-refractivity contribution is 5.88. The van der Waals surface area contributed by atoms with Crippen LogP contribution in [0.5, 0.6) is 5.75 Å². The van der Waals surface area contributed by atoms with Crippen molar-refractivity contribution in [1.82, 2.24) is 4.98 Å². The Morgan fingerprint density at radius 3 is 2.19 bits per heavy atom. The van der Waals surface area contributed by atoms with Crippen molar-refractivity contribution in [3.63, 3.8) is 0 Å². The van der Waals surface area contributed by atoms with Crippen LogP contribution in [0.15, 0.2) is 59.1 Å². The number of aromatic carboxylic acids is 1. The van der Waals surface area contributed by atoms with Crippen molar-refractivity contribution in [3.8, 4) is 28.5 Å². The van der Waals surface area contributed by atoms with Crippen molar-refractivity contribution in [2.24, 2.45) is 0 Å². The van der Waals surface area contributed by atoms with E-state index < -0.39 is 5.97 Å². The smallest absolute Gasteiger partial charge is 0.335 e. The molecule has 104 valence electrons. The lowest BCUT2D eigenvalue weighted by atomic mass is 10.1. The molecule has 0 atom stereocenters. The highest BCUT2D eigenvalue weighted by Crippen LogP contribution is 2.27. The number of hydrogen-bond donors (Lipinski definition) is 2. The Morgan fingerprint density at radius 1 is 0.952 bits per heavy atom. The molecule has 0 saturated heterocycles. The van der Waals surface area contributed by atoms with Crippen molar-refractivity contribution in [1.29, 1.82) is 0 Å². The van der Waals surface area contributed by atoms with Crippen LogP contribution in [-0.2, 0) is 0 Å². The molecule has 1 heterocycles. The number of oxazole rings is 1. The van der Waals surface area contributed by atoms with Crippen molar-refractivity contribution >= 4 is 5.97 Å². The first-order chi connectivity index (χ1) is 10.1. The van der Waals surface area contributed by atoms with E-state index in [2.05, 4.69) is 4.98 Å². The van der Waals surface area contributed by atoms with Gasteiger partial charge in [0.1, 0.15) is 5.75 Å². The lowest BCUT2D eigenvalue weighted by Gasteiger charge is -1.98. The fourth-order valence-electron chi connectivity index (χ4n) is 1.92. The van der Waals surface area contributed by atoms with Gasteiger partial charge < -0.3 is 14.6 Å². The molecule has 0 fully saturated rings. The SMILES string of the molecule is O=C(O)c1ccc(-c2ncc(-c3ccc(O)cc3)o2)cc1. The van der Waals surface area contributed by atoms with Gasteiger partial charge in [-0.3, -0.25) is 0 Å². The minimum absolute atomic E-state index is 0.183. The Kier molecular flexibility index (Phi) is 3.16. The van der Waals surface area contributed by atoms with Crippen LogP contribution in [-0.4, -0.2) is 21.2 Å². The quantitative estimate of drug-likeness (QED) is 0.768. The van der Waals surface area contributed by atoms with E-state index in [1.165, 1.54) is 12.1 Å². The van der Waals surface area contributed by atoms with E-state index in [4.69, 9.17) is 9.52 Å². The van der Waals surface area contributed by atoms with Crippen LogP contribution in [0.2, 0.25) is 0 Å². The summed E-state index contributed by atoms with van der Waals surface area (Å²) in [5, 5.41) is 18.1. The third-order valence-electron chi connectivity index (χ3n) is 3.04. The first-order valence-corrected chi connectivity index (χ1v) is 6.22. The molecular formula is C16H11NO4. The summed E-state index contributed by atoms with van der Waals surface area (Å²) < 4.78 is 5.66. The molecule has 0 amide bonds. The normalized spacial score (nSPS) is 10.5. The Bertz CT molecular complexity index is 773. The molecule has 0 spiro atoms. The van der Waals surface area contributed by atoms with Gasteiger partial charge in [0.05, 0.1) is 11.8 Å². The maximum atomic E-state index is 10.8. The molecule has 0 unspecified atom stereocenters. The molecule has 0 saturated carbocycles. The number of rotatable bonds is 3. The molecular weight excluding hydrogens is 270 g/mol. The van der Waals surface area contributed by atoms with Crippen LogP contribution in [0.1, 0.15) is 10.4 Å². The van der Waals surface area contributed by atoms with Gasteiger partial charge in [0, 0.05) is 11.1 Å². The van der Waals surface area contributed by atoms with Gasteiger partial charge in [-0.05, 0) is 48.5 Å². The van der Waals surface area contributed by atoms with Gasteiger partial charge in [-0.25, -0.2) is 9.78 Å². The average molecular weight is 281 g/mol. The van der Waals surface area contributed by atoms with E-state index in [0.717, 1.165) is 5.56 Å². The van der Waals surface area contributed by atoms with Crippen LogP contribution in [0.25, 0.3) is 22.8 Å². The lowest BCUT2D eigenvalue weighted by Crippen LogP contribution is -1.94. The summed E-state index contributed by atoms with van der Waals surface area (Å²) in [6, 6.07) is 12.9.